The van der Waals surface area contributed by atoms with Crippen molar-refractivity contribution in [2.45, 2.75) is 0 Å². The van der Waals surface area contributed by atoms with Gasteiger partial charge in [-0.3, -0.25) is 4.79 Å². The van der Waals surface area contributed by atoms with Gasteiger partial charge in [0, 0.05) is 0 Å². The summed E-state index contributed by atoms with van der Waals surface area (Å²) in [5.41, 5.74) is 0. The zero-order valence-corrected chi connectivity index (χ0v) is 4.60. The molecule has 5 heteroatoms. The van der Waals surface area contributed by atoms with E-state index in [9.17, 15) is 9.59 Å². The van der Waals surface area contributed by atoms with Crippen molar-refractivity contribution in [2.24, 2.45) is 0 Å². The molecule has 0 atom stereocenters. The Balaban J connectivity index is 2.45. The van der Waals surface area contributed by atoms with Gasteiger partial charge in [0.05, 0.1) is 11.9 Å². The van der Waals surface area contributed by atoms with Crippen molar-refractivity contribution in [3.05, 3.63) is 0 Å². The lowest BCUT2D eigenvalue weighted by Gasteiger charge is -2.04. The van der Waals surface area contributed by atoms with Gasteiger partial charge in [-0.1, -0.05) is 0 Å². The van der Waals surface area contributed by atoms with Crippen LogP contribution in [0.3, 0.4) is 0 Å². The fourth-order valence-electron chi connectivity index (χ4n) is 0.282. The van der Waals surface area contributed by atoms with Gasteiger partial charge in [-0.15, -0.1) is 0 Å². The molecule has 0 N–H and O–H groups in total. The van der Waals surface area contributed by atoms with Crippen LogP contribution in [0.4, 0.5) is 4.79 Å². The molecule has 1 heterocycles. The first kappa shape index (κ1) is 5.58. The molecule has 0 unspecified atom stereocenters. The Morgan fingerprint density at radius 3 is 2.75 bits per heavy atom. The van der Waals surface area contributed by atoms with E-state index in [0.717, 1.165) is 0 Å². The van der Waals surface area contributed by atoms with Gasteiger partial charge in [0.15, 0.2) is 0 Å². The molecule has 1 radical (unpaired) electrons. The highest BCUT2D eigenvalue weighted by Gasteiger charge is 2.18. The number of esters is 1. The van der Waals surface area contributed by atoms with Crippen molar-refractivity contribution in [1.29, 1.82) is 0 Å². The average Bonchev–Trinajstić information content (AvgIpc) is 1.64. The van der Waals surface area contributed by atoms with Crippen LogP contribution in [-0.4, -0.2) is 17.8 Å². The molecule has 8 heavy (non-hydrogen) atoms. The van der Waals surface area contributed by atoms with Gasteiger partial charge < -0.3 is 4.74 Å². The molecule has 1 rings (SSSR count). The molecule has 0 aromatic heterocycles. The molecule has 0 bridgehead atoms. The van der Waals surface area contributed by atoms with Crippen LogP contribution < -0.4 is 4.72 Å². The fourth-order valence-corrected chi connectivity index (χ4v) is 0.687. The third-order valence-electron chi connectivity index (χ3n) is 0.530. The summed E-state index contributed by atoms with van der Waals surface area (Å²) in [6.45, 7) is -0.0175. The lowest BCUT2D eigenvalue weighted by molar-refractivity contribution is -0.135. The van der Waals surface area contributed by atoms with Crippen LogP contribution in [-0.2, 0) is 9.53 Å². The Kier molecular flexibility index (Phi) is 1.50. The standard InChI is InChI=1S/C3H2NO3S/c5-2-1-4-8-3(6)7-2/h1H2. The number of ether oxygens (including phenoxy) is 1. The van der Waals surface area contributed by atoms with Crippen molar-refractivity contribution in [2.75, 3.05) is 6.54 Å². The Hall–Kier alpha value is -0.550. The second kappa shape index (κ2) is 2.15. The number of hydrogen-bond acceptors (Lipinski definition) is 4. The molecule has 1 saturated heterocycles. The van der Waals surface area contributed by atoms with Crippen molar-refractivity contribution in [1.82, 2.24) is 4.72 Å². The maximum atomic E-state index is 10.1. The van der Waals surface area contributed by atoms with Crippen molar-refractivity contribution < 1.29 is 14.3 Å². The smallest absolute Gasteiger partial charge is 0.383 e. The van der Waals surface area contributed by atoms with E-state index in [2.05, 4.69) is 9.46 Å². The predicted octanol–water partition coefficient (Wildman–Crippen LogP) is -0.0842. The summed E-state index contributed by atoms with van der Waals surface area (Å²) in [4.78, 5) is 20.2. The zero-order valence-electron chi connectivity index (χ0n) is 3.79. The molecule has 4 nitrogen and oxygen atoms in total. The maximum Gasteiger partial charge on any atom is 0.391 e. The summed E-state index contributed by atoms with van der Waals surface area (Å²) in [6.07, 6.45) is 0. The average molecular weight is 132 g/mol. The summed E-state index contributed by atoms with van der Waals surface area (Å²) in [5, 5.41) is -0.638. The minimum atomic E-state index is -0.638. The van der Waals surface area contributed by atoms with E-state index in [0.29, 0.717) is 11.9 Å². The van der Waals surface area contributed by atoms with E-state index in [4.69, 9.17) is 0 Å². The fraction of sp³-hybridized carbons (Fsp3) is 0.333. The Morgan fingerprint density at radius 2 is 2.38 bits per heavy atom. The molecule has 1 aliphatic rings. The molecule has 0 aromatic rings. The zero-order chi connectivity index (χ0) is 5.98. The highest BCUT2D eigenvalue weighted by atomic mass is 32.2. The van der Waals surface area contributed by atoms with Crippen LogP contribution in [0.5, 0.6) is 0 Å². The third kappa shape index (κ3) is 1.21. The van der Waals surface area contributed by atoms with Crippen LogP contribution in [0.25, 0.3) is 0 Å². The molecule has 0 saturated carbocycles. The number of rotatable bonds is 0. The summed E-state index contributed by atoms with van der Waals surface area (Å²) in [7, 11) is 0. The van der Waals surface area contributed by atoms with Crippen molar-refractivity contribution in [3.63, 3.8) is 0 Å². The lowest BCUT2D eigenvalue weighted by atomic mass is 10.7. The Labute approximate surface area is 49.7 Å². The van der Waals surface area contributed by atoms with Gasteiger partial charge >= 0.3 is 11.3 Å². The lowest BCUT2D eigenvalue weighted by Crippen LogP contribution is -2.24. The first-order valence-electron chi connectivity index (χ1n) is 1.87. The second-order valence-corrected chi connectivity index (χ2v) is 1.88. The van der Waals surface area contributed by atoms with Crippen molar-refractivity contribution >= 4 is 23.2 Å². The summed E-state index contributed by atoms with van der Waals surface area (Å²) < 4.78 is 7.51. The molecule has 1 aliphatic heterocycles. The Morgan fingerprint density at radius 1 is 1.62 bits per heavy atom. The summed E-state index contributed by atoms with van der Waals surface area (Å²) in [6, 6.07) is 0. The number of carbonyl (C=O) groups excluding carboxylic acids is 2. The molecule has 43 valence electrons. The van der Waals surface area contributed by atoms with Crippen LogP contribution in [0, 0.1) is 0 Å². The molecule has 0 spiro atoms. The minimum absolute atomic E-state index is 0.0175. The second-order valence-electron chi connectivity index (χ2n) is 1.10. The van der Waals surface area contributed by atoms with E-state index in [1.54, 1.807) is 0 Å². The summed E-state index contributed by atoms with van der Waals surface area (Å²) in [5.74, 6) is -0.575. The number of hydrogen-bond donors (Lipinski definition) is 0. The monoisotopic (exact) mass is 132 g/mol. The van der Waals surface area contributed by atoms with Crippen LogP contribution >= 0.6 is 11.9 Å². The highest BCUT2D eigenvalue weighted by molar-refractivity contribution is 8.11. The molecule has 0 amide bonds. The third-order valence-corrected chi connectivity index (χ3v) is 1.02. The van der Waals surface area contributed by atoms with Gasteiger partial charge in [-0.05, 0) is 0 Å². The minimum Gasteiger partial charge on any atom is -0.383 e. The summed E-state index contributed by atoms with van der Waals surface area (Å²) >= 11 is 0.665. The molecule has 1 fully saturated rings. The van der Waals surface area contributed by atoms with E-state index >= 15 is 0 Å². The molecule has 0 aromatic carbocycles. The van der Waals surface area contributed by atoms with E-state index < -0.39 is 11.3 Å². The van der Waals surface area contributed by atoms with E-state index in [1.807, 2.05) is 0 Å². The quantitative estimate of drug-likeness (QED) is 0.262. The normalized spacial score (nSPS) is 20.5. The molecular weight excluding hydrogens is 130 g/mol. The van der Waals surface area contributed by atoms with Gasteiger partial charge in [0.25, 0.3) is 0 Å². The van der Waals surface area contributed by atoms with Crippen LogP contribution in [0.15, 0.2) is 0 Å². The predicted molar refractivity (Wildman–Crippen MR) is 26.1 cm³/mol. The highest BCUT2D eigenvalue weighted by Crippen LogP contribution is 2.06. The number of nitrogens with zero attached hydrogens (tertiary/aromatic N) is 1. The number of carbonyl (C=O) groups is 2. The topological polar surface area (TPSA) is 57.5 Å². The van der Waals surface area contributed by atoms with E-state index in [-0.39, 0.29) is 6.54 Å². The van der Waals surface area contributed by atoms with Gasteiger partial charge in [0.2, 0.25) is 0 Å². The van der Waals surface area contributed by atoms with Crippen LogP contribution in [0.1, 0.15) is 0 Å². The van der Waals surface area contributed by atoms with Gasteiger partial charge in [-0.2, -0.15) is 4.72 Å². The van der Waals surface area contributed by atoms with E-state index in [1.165, 1.54) is 0 Å². The van der Waals surface area contributed by atoms with Crippen LogP contribution in [0.2, 0.25) is 0 Å². The Bertz CT molecular complexity index is 120. The van der Waals surface area contributed by atoms with Gasteiger partial charge in [0.1, 0.15) is 6.54 Å². The SMILES string of the molecule is O=C1C[N]SC(=O)O1. The van der Waals surface area contributed by atoms with Crippen molar-refractivity contribution in [3.8, 4) is 0 Å². The maximum absolute atomic E-state index is 10.1. The largest absolute Gasteiger partial charge is 0.391 e. The molecular formula is C3H2NO3S. The van der Waals surface area contributed by atoms with Gasteiger partial charge in [-0.25, -0.2) is 4.79 Å². The number of cyclic esters (lactones) is 2. The molecule has 0 aliphatic carbocycles. The first-order valence-corrected chi connectivity index (χ1v) is 2.65. The first-order chi connectivity index (χ1) is 3.79.